The van der Waals surface area contributed by atoms with Gasteiger partial charge in [-0.3, -0.25) is 4.79 Å². The van der Waals surface area contributed by atoms with E-state index in [0.717, 1.165) is 35.4 Å². The lowest BCUT2D eigenvalue weighted by molar-refractivity contribution is -0.137. The average Bonchev–Trinajstić information content (AvgIpc) is 3.03. The van der Waals surface area contributed by atoms with Crippen LogP contribution < -0.4 is 10.2 Å². The maximum Gasteiger partial charge on any atom is 0.417 e. The minimum atomic E-state index is -4.90. The largest absolute Gasteiger partial charge is 0.478 e. The fraction of sp³-hybridized carbons (Fsp3) is 0.192. The Morgan fingerprint density at radius 2 is 1.85 bits per heavy atom. The number of halogens is 4. The lowest BCUT2D eigenvalue weighted by atomic mass is 10.0. The van der Waals surface area contributed by atoms with Crippen molar-refractivity contribution in [1.82, 2.24) is 9.88 Å². The molecule has 0 bridgehead atoms. The zero-order valence-corrected chi connectivity index (χ0v) is 20.4. The summed E-state index contributed by atoms with van der Waals surface area (Å²) in [6.45, 7) is 2.60. The highest BCUT2D eigenvalue weighted by Crippen LogP contribution is 2.38. The zero-order valence-electron chi connectivity index (χ0n) is 20.4. The van der Waals surface area contributed by atoms with E-state index >= 15 is 0 Å². The third-order valence-corrected chi connectivity index (χ3v) is 6.18. The van der Waals surface area contributed by atoms with Gasteiger partial charge in [0.15, 0.2) is 0 Å². The fourth-order valence-electron chi connectivity index (χ4n) is 4.04. The van der Waals surface area contributed by atoms with Crippen LogP contribution in [0.1, 0.15) is 40.9 Å². The normalized spacial score (nSPS) is 14.9. The van der Waals surface area contributed by atoms with Gasteiger partial charge in [0.1, 0.15) is 17.2 Å². The van der Waals surface area contributed by atoms with Crippen molar-refractivity contribution in [2.45, 2.75) is 32.1 Å². The highest BCUT2D eigenvalue weighted by Gasteiger charge is 2.52. The summed E-state index contributed by atoms with van der Waals surface area (Å²) in [7, 11) is 0. The maximum atomic E-state index is 14.1. The Labute approximate surface area is 218 Å². The Kier molecular flexibility index (Phi) is 6.74. The van der Waals surface area contributed by atoms with Gasteiger partial charge in [-0.1, -0.05) is 6.07 Å². The Morgan fingerprint density at radius 3 is 2.44 bits per heavy atom. The Morgan fingerprint density at radius 1 is 1.13 bits per heavy atom. The molecule has 0 spiro atoms. The number of hydrogen-bond donors (Lipinski definition) is 2. The van der Waals surface area contributed by atoms with Crippen LogP contribution in [0.2, 0.25) is 0 Å². The summed E-state index contributed by atoms with van der Waals surface area (Å²) < 4.78 is 54.6. The number of benzene rings is 2. The number of aromatic carboxylic acids is 1. The topological polar surface area (TPSA) is 127 Å². The number of carbonyl (C=O) groups excluding carboxylic acids is 2. The molecule has 2 N–H and O–H groups in total. The van der Waals surface area contributed by atoms with Crippen LogP contribution in [0.5, 0.6) is 0 Å². The summed E-state index contributed by atoms with van der Waals surface area (Å²) in [6.07, 6.45) is -3.80. The lowest BCUT2D eigenvalue weighted by Crippen LogP contribution is -2.43. The molecule has 9 nitrogen and oxygen atoms in total. The third-order valence-electron chi connectivity index (χ3n) is 6.18. The molecule has 3 aromatic rings. The molecule has 0 saturated carbocycles. The van der Waals surface area contributed by atoms with Crippen molar-refractivity contribution in [3.63, 3.8) is 0 Å². The first-order chi connectivity index (χ1) is 18.2. The number of nitriles is 1. The van der Waals surface area contributed by atoms with Crippen molar-refractivity contribution in [1.29, 1.82) is 5.26 Å². The van der Waals surface area contributed by atoms with Crippen molar-refractivity contribution < 1.29 is 37.1 Å². The van der Waals surface area contributed by atoms with E-state index in [-0.39, 0.29) is 29.3 Å². The fourth-order valence-corrected chi connectivity index (χ4v) is 4.04. The van der Waals surface area contributed by atoms with Crippen molar-refractivity contribution >= 4 is 35.1 Å². The van der Waals surface area contributed by atoms with Gasteiger partial charge in [-0.25, -0.2) is 23.9 Å². The molecule has 13 heteroatoms. The van der Waals surface area contributed by atoms with Crippen LogP contribution in [0.25, 0.3) is 0 Å². The monoisotopic (exact) mass is 541 g/mol. The van der Waals surface area contributed by atoms with Gasteiger partial charge in [0, 0.05) is 11.9 Å². The van der Waals surface area contributed by atoms with E-state index in [1.54, 1.807) is 0 Å². The van der Waals surface area contributed by atoms with Gasteiger partial charge in [0.05, 0.1) is 35.0 Å². The summed E-state index contributed by atoms with van der Waals surface area (Å²) in [5.41, 5.74) is -3.37. The Hall–Kier alpha value is -4.99. The minimum absolute atomic E-state index is 0.0699. The van der Waals surface area contributed by atoms with E-state index in [2.05, 4.69) is 10.3 Å². The highest BCUT2D eigenvalue weighted by atomic mass is 19.4. The van der Waals surface area contributed by atoms with Gasteiger partial charge in [-0.05, 0) is 61.9 Å². The van der Waals surface area contributed by atoms with Gasteiger partial charge in [-0.15, -0.1) is 0 Å². The molecule has 39 heavy (non-hydrogen) atoms. The molecule has 1 aromatic heterocycles. The molecule has 2 heterocycles. The molecule has 1 aliphatic heterocycles. The average molecular weight is 541 g/mol. The van der Waals surface area contributed by atoms with E-state index in [1.807, 2.05) is 0 Å². The summed E-state index contributed by atoms with van der Waals surface area (Å²) in [5.74, 6) is -2.44. The van der Waals surface area contributed by atoms with Gasteiger partial charge < -0.3 is 15.3 Å². The van der Waals surface area contributed by atoms with Crippen molar-refractivity contribution in [3.05, 3.63) is 82.8 Å². The first-order valence-electron chi connectivity index (χ1n) is 11.3. The first-order valence-corrected chi connectivity index (χ1v) is 11.3. The van der Waals surface area contributed by atoms with Crippen LogP contribution in [0.3, 0.4) is 0 Å². The number of imide groups is 1. The number of carboxylic acids is 1. The van der Waals surface area contributed by atoms with Gasteiger partial charge in [0.2, 0.25) is 0 Å². The van der Waals surface area contributed by atoms with Crippen LogP contribution in [0.4, 0.5) is 39.5 Å². The summed E-state index contributed by atoms with van der Waals surface area (Å²) in [5, 5.41) is 20.9. The molecule has 200 valence electrons. The Bertz CT molecular complexity index is 1530. The molecule has 0 unspecified atom stereocenters. The van der Waals surface area contributed by atoms with Crippen LogP contribution in [-0.4, -0.2) is 38.4 Å². The SMILES string of the molecule is CC1(C)C(=O)N(c2ccc(C#N)c(C(F)(F)F)c2)C(=O)N1Cc1ccc(F)cc1Nc1ccc(C(=O)O)cn1. The van der Waals surface area contributed by atoms with Crippen molar-refractivity contribution in [3.8, 4) is 6.07 Å². The van der Waals surface area contributed by atoms with Crippen LogP contribution >= 0.6 is 0 Å². The number of carbonyl (C=O) groups is 3. The lowest BCUT2D eigenvalue weighted by Gasteiger charge is -2.28. The van der Waals surface area contributed by atoms with Crippen LogP contribution in [0.15, 0.2) is 54.7 Å². The Balaban J connectivity index is 1.68. The number of urea groups is 1. The van der Waals surface area contributed by atoms with E-state index in [4.69, 9.17) is 10.4 Å². The van der Waals surface area contributed by atoms with Gasteiger partial charge in [0.25, 0.3) is 5.91 Å². The number of nitrogens with zero attached hydrogens (tertiary/aromatic N) is 4. The molecular weight excluding hydrogens is 522 g/mol. The molecule has 1 fully saturated rings. The second-order valence-electron chi connectivity index (χ2n) is 9.07. The standard InChI is InChI=1S/C26H19F4N5O4/c1-25(2)23(38)35(18-7-4-14(11-31)19(10-18)26(28,29)30)24(39)34(25)13-16-3-6-17(27)9-20(16)33-21-8-5-15(12-32-21)22(36)37/h3-10,12H,13H2,1-2H3,(H,32,33)(H,36,37). The molecule has 0 atom stereocenters. The number of aromatic nitrogens is 1. The number of carboxylic acid groups (broad SMARTS) is 1. The van der Waals surface area contributed by atoms with Crippen LogP contribution in [-0.2, 0) is 17.5 Å². The van der Waals surface area contributed by atoms with Crippen molar-refractivity contribution in [2.24, 2.45) is 0 Å². The molecule has 4 rings (SSSR count). The zero-order chi connectivity index (χ0) is 28.7. The summed E-state index contributed by atoms with van der Waals surface area (Å²) in [6, 6.07) is 9.33. The smallest absolute Gasteiger partial charge is 0.417 e. The van der Waals surface area contributed by atoms with Crippen LogP contribution in [0, 0.1) is 17.1 Å². The maximum absolute atomic E-state index is 14.1. The number of rotatable bonds is 6. The molecule has 1 saturated heterocycles. The third kappa shape index (κ3) is 5.08. The predicted molar refractivity (Wildman–Crippen MR) is 130 cm³/mol. The summed E-state index contributed by atoms with van der Waals surface area (Å²) in [4.78, 5) is 43.4. The number of amides is 3. The van der Waals surface area contributed by atoms with E-state index in [1.165, 1.54) is 38.1 Å². The molecule has 0 aliphatic carbocycles. The van der Waals surface area contributed by atoms with Gasteiger partial charge in [-0.2, -0.15) is 18.4 Å². The van der Waals surface area contributed by atoms with E-state index < -0.39 is 46.6 Å². The highest BCUT2D eigenvalue weighted by molar-refractivity contribution is 6.23. The predicted octanol–water partition coefficient (Wildman–Crippen LogP) is 5.30. The molecule has 1 aliphatic rings. The number of pyridine rings is 1. The number of hydrogen-bond acceptors (Lipinski definition) is 6. The quantitative estimate of drug-likeness (QED) is 0.320. The molecule has 2 aromatic carbocycles. The van der Waals surface area contributed by atoms with E-state index in [9.17, 15) is 31.9 Å². The second-order valence-corrected chi connectivity index (χ2v) is 9.07. The summed E-state index contributed by atoms with van der Waals surface area (Å²) >= 11 is 0. The molecular formula is C26H19F4N5O4. The number of anilines is 3. The number of alkyl halides is 3. The molecule has 3 amide bonds. The molecule has 0 radical (unpaired) electrons. The van der Waals surface area contributed by atoms with Gasteiger partial charge >= 0.3 is 18.2 Å². The first kappa shape index (κ1) is 27.1. The second kappa shape index (κ2) is 9.71. The van der Waals surface area contributed by atoms with E-state index in [0.29, 0.717) is 16.5 Å². The minimum Gasteiger partial charge on any atom is -0.478 e. The van der Waals surface area contributed by atoms with Crippen molar-refractivity contribution in [2.75, 3.05) is 10.2 Å². The number of nitrogens with one attached hydrogen (secondary N) is 1.